The van der Waals surface area contributed by atoms with Crippen LogP contribution in [-0.2, 0) is 14.3 Å². The van der Waals surface area contributed by atoms with E-state index in [0.29, 0.717) is 15.7 Å². The zero-order valence-electron chi connectivity index (χ0n) is 13.1. The van der Waals surface area contributed by atoms with Gasteiger partial charge < -0.3 is 10.1 Å². The number of rotatable bonds is 4. The minimum atomic E-state index is -0.785. The predicted molar refractivity (Wildman–Crippen MR) is 91.8 cm³/mol. The van der Waals surface area contributed by atoms with Crippen molar-refractivity contribution in [2.24, 2.45) is 11.8 Å². The molecule has 0 radical (unpaired) electrons. The molecule has 1 amide bonds. The molecule has 2 rings (SSSR count). The van der Waals surface area contributed by atoms with E-state index in [1.54, 1.807) is 18.2 Å². The predicted octanol–water partition coefficient (Wildman–Crippen LogP) is 4.69. The van der Waals surface area contributed by atoms with Gasteiger partial charge in [0.2, 0.25) is 5.91 Å². The summed E-state index contributed by atoms with van der Waals surface area (Å²) in [6.07, 6.45) is 6.12. The molecule has 0 spiro atoms. The Balaban J connectivity index is 2.15. The molecule has 1 aromatic rings. The van der Waals surface area contributed by atoms with Gasteiger partial charge in [-0.2, -0.15) is 0 Å². The van der Waals surface area contributed by atoms with E-state index < -0.39 is 11.9 Å². The maximum Gasteiger partial charge on any atom is 0.318 e. The van der Waals surface area contributed by atoms with Gasteiger partial charge >= 0.3 is 5.97 Å². The number of esters is 1. The molecule has 1 aromatic carbocycles. The second-order valence-electron chi connectivity index (χ2n) is 5.87. The van der Waals surface area contributed by atoms with E-state index in [4.69, 9.17) is 27.9 Å². The molecule has 1 saturated carbocycles. The summed E-state index contributed by atoms with van der Waals surface area (Å²) in [6, 6.07) is 4.84. The monoisotopic (exact) mass is 357 g/mol. The van der Waals surface area contributed by atoms with Gasteiger partial charge in [0, 0.05) is 5.69 Å². The average molecular weight is 358 g/mol. The second kappa shape index (κ2) is 8.55. The van der Waals surface area contributed by atoms with Crippen molar-refractivity contribution in [3.05, 3.63) is 28.2 Å². The Labute approximate surface area is 146 Å². The Kier molecular flexibility index (Phi) is 6.72. The lowest BCUT2D eigenvalue weighted by Gasteiger charge is -2.23. The molecule has 1 atom stereocenters. The summed E-state index contributed by atoms with van der Waals surface area (Å²) in [7, 11) is 1.32. The SMILES string of the molecule is COC(=O)[C@H](C(=O)Nc1ccc(Cl)c(Cl)c1)C1CCCCCC1. The summed E-state index contributed by atoms with van der Waals surface area (Å²) >= 11 is 11.8. The van der Waals surface area contributed by atoms with Crippen molar-refractivity contribution in [2.45, 2.75) is 38.5 Å². The Hall–Kier alpha value is -1.26. The third-order valence-corrected chi connectivity index (χ3v) is 5.03. The van der Waals surface area contributed by atoms with Crippen LogP contribution in [0.1, 0.15) is 38.5 Å². The Bertz CT molecular complexity index is 569. The largest absolute Gasteiger partial charge is 0.468 e. The van der Waals surface area contributed by atoms with E-state index in [2.05, 4.69) is 5.32 Å². The van der Waals surface area contributed by atoms with Gasteiger partial charge in [0.1, 0.15) is 5.92 Å². The molecule has 4 nitrogen and oxygen atoms in total. The van der Waals surface area contributed by atoms with Crippen LogP contribution in [0.15, 0.2) is 18.2 Å². The van der Waals surface area contributed by atoms with Crippen LogP contribution in [0, 0.1) is 11.8 Å². The molecule has 1 fully saturated rings. The molecule has 1 N–H and O–H groups in total. The van der Waals surface area contributed by atoms with E-state index >= 15 is 0 Å². The minimum Gasteiger partial charge on any atom is -0.468 e. The Morgan fingerprint density at radius 2 is 1.78 bits per heavy atom. The maximum absolute atomic E-state index is 12.6. The van der Waals surface area contributed by atoms with Crippen molar-refractivity contribution in [2.75, 3.05) is 12.4 Å². The minimum absolute atomic E-state index is 0.0210. The number of anilines is 1. The molecule has 1 aliphatic carbocycles. The lowest BCUT2D eigenvalue weighted by molar-refractivity contribution is -0.151. The number of methoxy groups -OCH3 is 1. The van der Waals surface area contributed by atoms with Gasteiger partial charge in [0.25, 0.3) is 0 Å². The van der Waals surface area contributed by atoms with E-state index in [-0.39, 0.29) is 11.8 Å². The first-order valence-corrected chi connectivity index (χ1v) is 8.62. The van der Waals surface area contributed by atoms with Crippen molar-refractivity contribution in [3.63, 3.8) is 0 Å². The first kappa shape index (κ1) is 18.1. The molecule has 0 unspecified atom stereocenters. The molecular weight excluding hydrogens is 337 g/mol. The average Bonchev–Trinajstić information content (AvgIpc) is 2.80. The number of halogens is 2. The summed E-state index contributed by atoms with van der Waals surface area (Å²) in [5.41, 5.74) is 0.520. The Morgan fingerprint density at radius 1 is 1.13 bits per heavy atom. The number of hydrogen-bond donors (Lipinski definition) is 1. The van der Waals surface area contributed by atoms with Gasteiger partial charge in [0.15, 0.2) is 0 Å². The number of ether oxygens (including phenoxy) is 1. The zero-order valence-corrected chi connectivity index (χ0v) is 14.6. The fourth-order valence-corrected chi connectivity index (χ4v) is 3.38. The highest BCUT2D eigenvalue weighted by atomic mass is 35.5. The molecule has 0 bridgehead atoms. The van der Waals surface area contributed by atoms with E-state index in [0.717, 1.165) is 38.5 Å². The molecule has 0 saturated heterocycles. The van der Waals surface area contributed by atoms with Crippen molar-refractivity contribution >= 4 is 40.8 Å². The van der Waals surface area contributed by atoms with Crippen LogP contribution in [0.2, 0.25) is 10.0 Å². The van der Waals surface area contributed by atoms with Crippen LogP contribution in [0.5, 0.6) is 0 Å². The Morgan fingerprint density at radius 3 is 2.35 bits per heavy atom. The third-order valence-electron chi connectivity index (χ3n) is 4.30. The first-order valence-electron chi connectivity index (χ1n) is 7.86. The fraction of sp³-hybridized carbons (Fsp3) is 0.529. The topological polar surface area (TPSA) is 55.4 Å². The molecule has 0 heterocycles. The zero-order chi connectivity index (χ0) is 16.8. The van der Waals surface area contributed by atoms with Crippen LogP contribution in [0.25, 0.3) is 0 Å². The number of benzene rings is 1. The van der Waals surface area contributed by atoms with Gasteiger partial charge in [0.05, 0.1) is 17.2 Å². The number of hydrogen-bond acceptors (Lipinski definition) is 3. The third kappa shape index (κ3) is 4.85. The number of amides is 1. The van der Waals surface area contributed by atoms with Crippen molar-refractivity contribution < 1.29 is 14.3 Å². The number of carbonyl (C=O) groups excluding carboxylic acids is 2. The standard InChI is InChI=1S/C17H21Cl2NO3/c1-23-17(22)15(11-6-4-2-3-5-7-11)16(21)20-12-8-9-13(18)14(19)10-12/h8-11,15H,2-7H2,1H3,(H,20,21)/t15-/m0/s1. The molecule has 0 aliphatic heterocycles. The molecule has 0 aromatic heterocycles. The van der Waals surface area contributed by atoms with Crippen LogP contribution in [0.3, 0.4) is 0 Å². The summed E-state index contributed by atoms with van der Waals surface area (Å²) < 4.78 is 4.86. The van der Waals surface area contributed by atoms with Crippen molar-refractivity contribution in [1.82, 2.24) is 0 Å². The van der Waals surface area contributed by atoms with E-state index in [1.807, 2.05) is 0 Å². The summed E-state index contributed by atoms with van der Waals surface area (Å²) in [4.78, 5) is 24.8. The quantitative estimate of drug-likeness (QED) is 0.483. The molecule has 23 heavy (non-hydrogen) atoms. The van der Waals surface area contributed by atoms with Gasteiger partial charge in [-0.25, -0.2) is 0 Å². The number of nitrogens with one attached hydrogen (secondary N) is 1. The van der Waals surface area contributed by atoms with Crippen LogP contribution < -0.4 is 5.32 Å². The van der Waals surface area contributed by atoms with Crippen molar-refractivity contribution in [1.29, 1.82) is 0 Å². The second-order valence-corrected chi connectivity index (χ2v) is 6.69. The fourth-order valence-electron chi connectivity index (χ4n) is 3.08. The van der Waals surface area contributed by atoms with Gasteiger partial charge in [-0.05, 0) is 37.0 Å². The first-order chi connectivity index (χ1) is 11.0. The summed E-state index contributed by atoms with van der Waals surface area (Å²) in [6.45, 7) is 0. The van der Waals surface area contributed by atoms with Gasteiger partial charge in [-0.3, -0.25) is 9.59 Å². The lowest BCUT2D eigenvalue weighted by atomic mass is 9.85. The molecule has 126 valence electrons. The summed E-state index contributed by atoms with van der Waals surface area (Å²) in [5.74, 6) is -1.59. The highest BCUT2D eigenvalue weighted by Gasteiger charge is 2.35. The molecule has 6 heteroatoms. The van der Waals surface area contributed by atoms with Crippen LogP contribution >= 0.6 is 23.2 Å². The normalized spacial score (nSPS) is 17.2. The lowest BCUT2D eigenvalue weighted by Crippen LogP contribution is -2.36. The van der Waals surface area contributed by atoms with Gasteiger partial charge in [-0.15, -0.1) is 0 Å². The van der Waals surface area contributed by atoms with Crippen molar-refractivity contribution in [3.8, 4) is 0 Å². The van der Waals surface area contributed by atoms with E-state index in [9.17, 15) is 9.59 Å². The summed E-state index contributed by atoms with van der Waals surface area (Å²) in [5, 5.41) is 3.53. The smallest absolute Gasteiger partial charge is 0.318 e. The van der Waals surface area contributed by atoms with Crippen LogP contribution in [-0.4, -0.2) is 19.0 Å². The molecular formula is C17H21Cl2NO3. The highest BCUT2D eigenvalue weighted by Crippen LogP contribution is 2.31. The maximum atomic E-state index is 12.6. The number of carbonyl (C=O) groups is 2. The van der Waals surface area contributed by atoms with Crippen LogP contribution in [0.4, 0.5) is 5.69 Å². The highest BCUT2D eigenvalue weighted by molar-refractivity contribution is 6.42. The molecule has 1 aliphatic rings. The van der Waals surface area contributed by atoms with E-state index in [1.165, 1.54) is 7.11 Å². The van der Waals surface area contributed by atoms with Gasteiger partial charge in [-0.1, -0.05) is 48.9 Å².